The van der Waals surface area contributed by atoms with E-state index in [1.54, 1.807) is 0 Å². The van der Waals surface area contributed by atoms with Crippen LogP contribution >= 0.6 is 0 Å². The Bertz CT molecular complexity index is 233. The van der Waals surface area contributed by atoms with E-state index in [1.165, 1.54) is 5.56 Å². The highest BCUT2D eigenvalue weighted by Gasteiger charge is 2.10. The van der Waals surface area contributed by atoms with Gasteiger partial charge in [-0.2, -0.15) is 0 Å². The lowest BCUT2D eigenvalue weighted by Gasteiger charge is -2.05. The quantitative estimate of drug-likeness (QED) is 0.751. The first-order chi connectivity index (χ1) is 5.65. The summed E-state index contributed by atoms with van der Waals surface area (Å²) < 4.78 is 5.50. The van der Waals surface area contributed by atoms with Crippen molar-refractivity contribution in [2.24, 2.45) is 5.73 Å². The summed E-state index contributed by atoms with van der Waals surface area (Å²) in [6.45, 7) is 6.14. The van der Waals surface area contributed by atoms with Crippen molar-refractivity contribution in [2.45, 2.75) is 39.7 Å². The Kier molecular flexibility index (Phi) is 2.93. The van der Waals surface area contributed by atoms with Crippen molar-refractivity contribution in [3.05, 3.63) is 23.2 Å². The second kappa shape index (κ2) is 3.76. The van der Waals surface area contributed by atoms with Gasteiger partial charge >= 0.3 is 0 Å². The van der Waals surface area contributed by atoms with E-state index in [0.29, 0.717) is 0 Å². The van der Waals surface area contributed by atoms with E-state index in [-0.39, 0.29) is 6.04 Å². The molecule has 0 spiro atoms. The van der Waals surface area contributed by atoms with Crippen LogP contribution in [0.3, 0.4) is 0 Å². The van der Waals surface area contributed by atoms with Gasteiger partial charge < -0.3 is 10.2 Å². The fraction of sp³-hybridized carbons (Fsp3) is 0.600. The summed E-state index contributed by atoms with van der Waals surface area (Å²) in [5, 5.41) is 0. The standard InChI is InChI=1S/C10H17NO/c1-4-5-9(11)10-6-7(2)8(3)12-10/h6,9H,4-5,11H2,1-3H3/t9-/m1/s1. The third kappa shape index (κ3) is 1.89. The summed E-state index contributed by atoms with van der Waals surface area (Å²) in [4.78, 5) is 0. The summed E-state index contributed by atoms with van der Waals surface area (Å²) in [7, 11) is 0. The molecule has 0 aliphatic heterocycles. The zero-order valence-corrected chi connectivity index (χ0v) is 8.05. The molecule has 12 heavy (non-hydrogen) atoms. The second-order valence-electron chi connectivity index (χ2n) is 3.28. The van der Waals surface area contributed by atoms with E-state index < -0.39 is 0 Å². The third-order valence-electron chi connectivity index (χ3n) is 2.15. The van der Waals surface area contributed by atoms with Crippen LogP contribution in [0.2, 0.25) is 0 Å². The van der Waals surface area contributed by atoms with E-state index >= 15 is 0 Å². The van der Waals surface area contributed by atoms with Gasteiger partial charge in [0.25, 0.3) is 0 Å². The molecule has 2 heteroatoms. The number of rotatable bonds is 3. The molecule has 1 aromatic rings. The summed E-state index contributed by atoms with van der Waals surface area (Å²) in [6.07, 6.45) is 2.09. The van der Waals surface area contributed by atoms with Crippen molar-refractivity contribution in [1.29, 1.82) is 0 Å². The Morgan fingerprint density at radius 1 is 1.50 bits per heavy atom. The third-order valence-corrected chi connectivity index (χ3v) is 2.15. The van der Waals surface area contributed by atoms with Gasteiger partial charge in [-0.3, -0.25) is 0 Å². The van der Waals surface area contributed by atoms with Crippen molar-refractivity contribution in [2.75, 3.05) is 0 Å². The van der Waals surface area contributed by atoms with Gasteiger partial charge in [-0.1, -0.05) is 13.3 Å². The Morgan fingerprint density at radius 2 is 2.17 bits per heavy atom. The molecule has 0 aromatic carbocycles. The van der Waals surface area contributed by atoms with Gasteiger partial charge in [-0.25, -0.2) is 0 Å². The predicted molar refractivity (Wildman–Crippen MR) is 50.0 cm³/mol. The average Bonchev–Trinajstić information content (AvgIpc) is 2.33. The van der Waals surface area contributed by atoms with Gasteiger partial charge in [-0.15, -0.1) is 0 Å². The Morgan fingerprint density at radius 3 is 2.58 bits per heavy atom. The summed E-state index contributed by atoms with van der Waals surface area (Å²) >= 11 is 0. The first kappa shape index (κ1) is 9.33. The molecule has 0 radical (unpaired) electrons. The second-order valence-corrected chi connectivity index (χ2v) is 3.28. The molecule has 0 saturated heterocycles. The minimum absolute atomic E-state index is 0.0717. The van der Waals surface area contributed by atoms with Crippen LogP contribution in [0.25, 0.3) is 0 Å². The van der Waals surface area contributed by atoms with Gasteiger partial charge in [0, 0.05) is 0 Å². The van der Waals surface area contributed by atoms with Crippen molar-refractivity contribution in [1.82, 2.24) is 0 Å². The first-order valence-electron chi connectivity index (χ1n) is 4.47. The van der Waals surface area contributed by atoms with Crippen LogP contribution in [0.1, 0.15) is 42.9 Å². The largest absolute Gasteiger partial charge is 0.464 e. The van der Waals surface area contributed by atoms with Gasteiger partial charge in [0.2, 0.25) is 0 Å². The molecule has 0 aliphatic carbocycles. The minimum atomic E-state index is 0.0717. The normalized spacial score (nSPS) is 13.3. The van der Waals surface area contributed by atoms with Crippen molar-refractivity contribution < 1.29 is 4.42 Å². The average molecular weight is 167 g/mol. The number of hydrogen-bond donors (Lipinski definition) is 1. The molecule has 0 saturated carbocycles. The molecule has 1 rings (SSSR count). The van der Waals surface area contributed by atoms with Crippen LogP contribution in [0, 0.1) is 13.8 Å². The summed E-state index contributed by atoms with van der Waals surface area (Å²) in [6, 6.07) is 2.11. The molecule has 0 unspecified atom stereocenters. The zero-order chi connectivity index (χ0) is 9.14. The molecule has 0 amide bonds. The number of nitrogens with two attached hydrogens (primary N) is 1. The fourth-order valence-corrected chi connectivity index (χ4v) is 1.24. The van der Waals surface area contributed by atoms with Crippen LogP contribution in [0.5, 0.6) is 0 Å². The monoisotopic (exact) mass is 167 g/mol. The highest BCUT2D eigenvalue weighted by Crippen LogP contribution is 2.21. The molecule has 2 N–H and O–H groups in total. The van der Waals surface area contributed by atoms with Gasteiger partial charge in [-0.05, 0) is 31.9 Å². The van der Waals surface area contributed by atoms with Gasteiger partial charge in [0.15, 0.2) is 0 Å². The number of furan rings is 1. The van der Waals surface area contributed by atoms with E-state index in [0.717, 1.165) is 24.4 Å². The molecule has 0 fully saturated rings. The van der Waals surface area contributed by atoms with Crippen LogP contribution in [0.15, 0.2) is 10.5 Å². The number of aryl methyl sites for hydroxylation is 2. The van der Waals surface area contributed by atoms with Gasteiger partial charge in [0.05, 0.1) is 6.04 Å². The molecular weight excluding hydrogens is 150 g/mol. The molecule has 1 atom stereocenters. The Balaban J connectivity index is 2.74. The molecule has 68 valence electrons. The Hall–Kier alpha value is -0.760. The molecule has 1 heterocycles. The van der Waals surface area contributed by atoms with Crippen molar-refractivity contribution >= 4 is 0 Å². The SMILES string of the molecule is CCC[C@@H](N)c1cc(C)c(C)o1. The lowest BCUT2D eigenvalue weighted by Crippen LogP contribution is -2.08. The topological polar surface area (TPSA) is 39.2 Å². The maximum atomic E-state index is 5.89. The van der Waals surface area contributed by atoms with Crippen LogP contribution in [-0.4, -0.2) is 0 Å². The molecular formula is C10H17NO. The number of hydrogen-bond acceptors (Lipinski definition) is 2. The minimum Gasteiger partial charge on any atom is -0.464 e. The highest BCUT2D eigenvalue weighted by atomic mass is 16.3. The highest BCUT2D eigenvalue weighted by molar-refractivity contribution is 5.20. The van der Waals surface area contributed by atoms with Gasteiger partial charge in [0.1, 0.15) is 11.5 Å². The smallest absolute Gasteiger partial charge is 0.121 e. The van der Waals surface area contributed by atoms with Crippen LogP contribution in [-0.2, 0) is 0 Å². The summed E-state index contributed by atoms with van der Waals surface area (Å²) in [5.74, 6) is 1.91. The fourth-order valence-electron chi connectivity index (χ4n) is 1.24. The van der Waals surface area contributed by atoms with Crippen molar-refractivity contribution in [3.63, 3.8) is 0 Å². The summed E-state index contributed by atoms with van der Waals surface area (Å²) in [5.41, 5.74) is 7.09. The molecule has 0 aliphatic rings. The van der Waals surface area contributed by atoms with Crippen molar-refractivity contribution in [3.8, 4) is 0 Å². The first-order valence-corrected chi connectivity index (χ1v) is 4.47. The van der Waals surface area contributed by atoms with E-state index in [1.807, 2.05) is 19.9 Å². The molecule has 1 aromatic heterocycles. The zero-order valence-electron chi connectivity index (χ0n) is 8.05. The maximum Gasteiger partial charge on any atom is 0.121 e. The Labute approximate surface area is 73.8 Å². The predicted octanol–water partition coefficient (Wildman–Crippen LogP) is 2.70. The van der Waals surface area contributed by atoms with E-state index in [2.05, 4.69) is 6.92 Å². The lowest BCUT2D eigenvalue weighted by molar-refractivity contribution is 0.432. The maximum absolute atomic E-state index is 5.89. The van der Waals surface area contributed by atoms with E-state index in [4.69, 9.17) is 10.2 Å². The lowest BCUT2D eigenvalue weighted by atomic mass is 10.1. The molecule has 0 bridgehead atoms. The van der Waals surface area contributed by atoms with Crippen LogP contribution in [0.4, 0.5) is 0 Å². The van der Waals surface area contributed by atoms with Crippen LogP contribution < -0.4 is 5.73 Å². The molecule has 2 nitrogen and oxygen atoms in total. The van der Waals surface area contributed by atoms with E-state index in [9.17, 15) is 0 Å².